The van der Waals surface area contributed by atoms with E-state index in [0.717, 1.165) is 37.4 Å². The normalized spacial score (nSPS) is 22.1. The van der Waals surface area contributed by atoms with Crippen molar-refractivity contribution in [1.82, 2.24) is 10.2 Å². The van der Waals surface area contributed by atoms with Gasteiger partial charge in [-0.1, -0.05) is 37.9 Å². The average Bonchev–Trinajstić information content (AvgIpc) is 3.15. The number of likely N-dealkylation sites (tertiary alicyclic amines) is 1. The van der Waals surface area contributed by atoms with Crippen LogP contribution >= 0.6 is 11.8 Å². The van der Waals surface area contributed by atoms with Gasteiger partial charge in [0.2, 0.25) is 16.9 Å². The standard InChI is InChI=1S/C19H30N2O5S.Ca.2H/c1-12(17(23)21-10-6-9-15(21)18(24)25)11-27-19(26)13(2)20-16(22)14-7-4-3-5-8-14;;;/h12-15H,3-11H2,1-2H3,(H,20,22)(H,24,25);;;/t12?,13?,15-;;;/m0.../s1. The Kier molecular flexibility index (Phi) is 11.4. The molecule has 2 unspecified atom stereocenters. The molecule has 2 aliphatic rings. The molecule has 1 aliphatic heterocycles. The summed E-state index contributed by atoms with van der Waals surface area (Å²) in [4.78, 5) is 49.7. The van der Waals surface area contributed by atoms with Crippen LogP contribution in [0, 0.1) is 11.8 Å². The van der Waals surface area contributed by atoms with Gasteiger partial charge >= 0.3 is 43.7 Å². The van der Waals surface area contributed by atoms with Crippen LogP contribution in [0.25, 0.3) is 0 Å². The van der Waals surface area contributed by atoms with Crippen molar-refractivity contribution in [2.24, 2.45) is 11.8 Å². The Balaban J connectivity index is 0.00000392. The van der Waals surface area contributed by atoms with Crippen LogP contribution in [0.15, 0.2) is 0 Å². The van der Waals surface area contributed by atoms with Gasteiger partial charge in [0, 0.05) is 24.1 Å². The molecule has 2 amide bonds. The maximum absolute atomic E-state index is 12.5. The van der Waals surface area contributed by atoms with Crippen LogP contribution in [0.1, 0.15) is 58.8 Å². The third-order valence-electron chi connectivity index (χ3n) is 5.41. The first-order valence-electron chi connectivity index (χ1n) is 9.81. The zero-order valence-electron chi connectivity index (χ0n) is 16.1. The van der Waals surface area contributed by atoms with E-state index in [4.69, 9.17) is 0 Å². The van der Waals surface area contributed by atoms with Gasteiger partial charge in [0.1, 0.15) is 6.04 Å². The molecule has 7 nitrogen and oxygen atoms in total. The van der Waals surface area contributed by atoms with Crippen molar-refractivity contribution in [3.8, 4) is 0 Å². The molecule has 0 aromatic carbocycles. The molecular formula is C19H32CaN2O5S. The number of carboxylic acid groups (broad SMARTS) is 1. The Morgan fingerprint density at radius 2 is 1.71 bits per heavy atom. The van der Waals surface area contributed by atoms with Crippen molar-refractivity contribution in [3.05, 3.63) is 0 Å². The second-order valence-corrected chi connectivity index (χ2v) is 8.65. The summed E-state index contributed by atoms with van der Waals surface area (Å²) >= 11 is 1.03. The molecular weight excluding hydrogens is 408 g/mol. The molecule has 0 spiro atoms. The van der Waals surface area contributed by atoms with E-state index in [1.165, 1.54) is 11.3 Å². The number of rotatable bonds is 7. The molecule has 2 fully saturated rings. The summed E-state index contributed by atoms with van der Waals surface area (Å²) in [7, 11) is 0. The summed E-state index contributed by atoms with van der Waals surface area (Å²) < 4.78 is 0. The van der Waals surface area contributed by atoms with Crippen molar-refractivity contribution in [1.29, 1.82) is 0 Å². The molecule has 1 saturated carbocycles. The molecule has 9 heteroatoms. The number of hydrogen-bond acceptors (Lipinski definition) is 5. The van der Waals surface area contributed by atoms with E-state index in [1.54, 1.807) is 13.8 Å². The van der Waals surface area contributed by atoms with Crippen LogP contribution in [0.5, 0.6) is 0 Å². The van der Waals surface area contributed by atoms with Gasteiger partial charge in [-0.2, -0.15) is 0 Å². The summed E-state index contributed by atoms with van der Waals surface area (Å²) in [6.45, 7) is 3.83. The molecule has 0 aromatic heterocycles. The molecule has 156 valence electrons. The van der Waals surface area contributed by atoms with Crippen LogP contribution in [-0.2, 0) is 19.2 Å². The zero-order valence-corrected chi connectivity index (χ0v) is 16.9. The van der Waals surface area contributed by atoms with Gasteiger partial charge < -0.3 is 15.3 Å². The molecule has 2 rings (SSSR count). The molecule has 2 N–H and O–H groups in total. The van der Waals surface area contributed by atoms with Crippen LogP contribution in [0.4, 0.5) is 0 Å². The Morgan fingerprint density at radius 1 is 1.07 bits per heavy atom. The number of carbonyl (C=O) groups is 4. The van der Waals surface area contributed by atoms with E-state index < -0.39 is 24.0 Å². The summed E-state index contributed by atoms with van der Waals surface area (Å²) in [6, 6.07) is -1.35. The van der Waals surface area contributed by atoms with Crippen LogP contribution in [0.2, 0.25) is 0 Å². The van der Waals surface area contributed by atoms with Crippen molar-refractivity contribution in [2.75, 3.05) is 12.3 Å². The van der Waals surface area contributed by atoms with E-state index >= 15 is 0 Å². The van der Waals surface area contributed by atoms with Crippen molar-refractivity contribution < 1.29 is 24.3 Å². The number of carbonyl (C=O) groups excluding carboxylic acids is 3. The number of hydrogen-bond donors (Lipinski definition) is 2. The van der Waals surface area contributed by atoms with E-state index in [9.17, 15) is 24.3 Å². The average molecular weight is 441 g/mol. The van der Waals surface area contributed by atoms with Crippen LogP contribution < -0.4 is 5.32 Å². The number of carboxylic acids is 1. The first kappa shape index (κ1) is 25.7. The van der Waals surface area contributed by atoms with Gasteiger partial charge in [-0.25, -0.2) is 4.79 Å². The molecule has 0 radical (unpaired) electrons. The third-order valence-corrected chi connectivity index (χ3v) is 6.71. The minimum atomic E-state index is -0.976. The fraction of sp³-hybridized carbons (Fsp3) is 0.789. The summed E-state index contributed by atoms with van der Waals surface area (Å²) in [5, 5.41) is 11.8. The van der Waals surface area contributed by atoms with Crippen LogP contribution in [-0.4, -0.2) is 95.0 Å². The predicted octanol–water partition coefficient (Wildman–Crippen LogP) is 1.13. The zero-order chi connectivity index (χ0) is 20.0. The van der Waals surface area contributed by atoms with Crippen LogP contribution in [0.3, 0.4) is 0 Å². The van der Waals surface area contributed by atoms with Crippen molar-refractivity contribution >= 4 is 72.4 Å². The Hall–Kier alpha value is -0.310. The maximum atomic E-state index is 12.5. The SMILES string of the molecule is CC(CSC(=O)C(C)NC(=O)C1CCCCC1)C(=O)N1CCC[C@H]1C(=O)O.[CaH2]. The monoisotopic (exact) mass is 440 g/mol. The van der Waals surface area contributed by atoms with Gasteiger partial charge in [0.05, 0.1) is 6.04 Å². The van der Waals surface area contributed by atoms with Gasteiger partial charge in [0.15, 0.2) is 0 Å². The van der Waals surface area contributed by atoms with E-state index in [-0.39, 0.29) is 66.3 Å². The van der Waals surface area contributed by atoms with E-state index in [0.29, 0.717) is 19.4 Å². The fourth-order valence-corrected chi connectivity index (χ4v) is 4.59. The second kappa shape index (κ2) is 12.4. The third kappa shape index (κ3) is 7.18. The Bertz CT molecular complexity index is 583. The van der Waals surface area contributed by atoms with E-state index in [1.807, 2.05) is 0 Å². The van der Waals surface area contributed by atoms with Gasteiger partial charge in [-0.3, -0.25) is 14.4 Å². The molecule has 0 aromatic rings. The Morgan fingerprint density at radius 3 is 2.32 bits per heavy atom. The van der Waals surface area contributed by atoms with E-state index in [2.05, 4.69) is 5.32 Å². The summed E-state index contributed by atoms with van der Waals surface area (Å²) in [6.07, 6.45) is 6.21. The first-order chi connectivity index (χ1) is 12.8. The minimum absolute atomic E-state index is 0. The molecule has 28 heavy (non-hydrogen) atoms. The summed E-state index contributed by atoms with van der Waals surface area (Å²) in [5.41, 5.74) is 0. The van der Waals surface area contributed by atoms with Crippen molar-refractivity contribution in [2.45, 2.75) is 70.9 Å². The number of aliphatic carboxylic acids is 1. The van der Waals surface area contributed by atoms with Gasteiger partial charge in [-0.05, 0) is 32.6 Å². The van der Waals surface area contributed by atoms with Gasteiger partial charge in [0.25, 0.3) is 0 Å². The molecule has 0 bridgehead atoms. The van der Waals surface area contributed by atoms with Gasteiger partial charge in [-0.15, -0.1) is 0 Å². The predicted molar refractivity (Wildman–Crippen MR) is 112 cm³/mol. The molecule has 1 heterocycles. The first-order valence-corrected chi connectivity index (χ1v) is 10.8. The molecule has 3 atom stereocenters. The number of amides is 2. The molecule has 1 aliphatic carbocycles. The summed E-state index contributed by atoms with van der Waals surface area (Å²) in [5.74, 6) is -1.41. The quantitative estimate of drug-likeness (QED) is 0.575. The number of thioether (sulfide) groups is 1. The Labute approximate surface area is 200 Å². The molecule has 1 saturated heterocycles. The topological polar surface area (TPSA) is 104 Å². The van der Waals surface area contributed by atoms with Crippen molar-refractivity contribution in [3.63, 3.8) is 0 Å². The fourth-order valence-electron chi connectivity index (χ4n) is 3.73. The number of nitrogens with one attached hydrogen (secondary N) is 1. The second-order valence-electron chi connectivity index (χ2n) is 7.62. The number of nitrogens with zero attached hydrogens (tertiary/aromatic N) is 1.